The van der Waals surface area contributed by atoms with Crippen molar-refractivity contribution in [3.63, 3.8) is 0 Å². The molecule has 0 bridgehead atoms. The minimum Gasteiger partial charge on any atom is -0.306 e. The summed E-state index contributed by atoms with van der Waals surface area (Å²) in [6, 6.07) is 186. The van der Waals surface area contributed by atoms with Gasteiger partial charge >= 0.3 is 0 Å². The molecule has 9 nitrogen and oxygen atoms in total. The lowest BCUT2D eigenvalue weighted by atomic mass is 9.80. The monoisotopic (exact) mass is 1870 g/mol. The Bertz CT molecular complexity index is 9870. The van der Waals surface area contributed by atoms with Crippen LogP contribution in [0.2, 0.25) is 0 Å². The molecule has 0 atom stereocenters. The van der Waals surface area contributed by atoms with Gasteiger partial charge in [0.2, 0.25) is 0 Å². The summed E-state index contributed by atoms with van der Waals surface area (Å²) in [5.41, 5.74) is 40.9. The standard InChI is InChI=1S/C48H33N3.2C45H29N3/c1-48(2)38-22-11-10-17-32(38)33-28-27-30(29-39(33)48)44-34-18-6-8-20-36(34)45(37-21-9-7-19-35(37)44)47-49-40-23-14-26-43-46(40)51(47)42-25-13-12-24-41(42)50(43)31-15-4-3-5-16-31;1-3-15-30(16-4-1)31-17-13-18-32(29-31)42-34-21-7-9-23-36(34)43(37-24-10-8-22-35(37)42)45-46-38-25-14-28-41-44(38)48(45)40-27-12-11-26-39(40)47(41)33-19-5-2-6-20-33;1-3-14-30(15-4-1)31-26-28-32(29-27-31)42-34-18-7-9-20-36(34)43(37-21-10-8-19-35(37)42)45-46-38-22-13-25-41-44(38)48(45)40-24-12-11-23-39(40)47(41)33-16-5-2-6-17-33/h3-29H,1-2H3;2*1-29H. The van der Waals surface area contributed by atoms with Gasteiger partial charge in [-0.1, -0.05) is 408 Å². The van der Waals surface area contributed by atoms with Crippen LogP contribution in [-0.2, 0) is 5.41 Å². The molecular formula is C138H91N9. The number of hydrogen-bond acceptors (Lipinski definition) is 6. The van der Waals surface area contributed by atoms with Crippen LogP contribution < -0.4 is 14.7 Å². The molecule has 3 aromatic heterocycles. The molecule has 9 heteroatoms. The molecule has 0 saturated heterocycles. The van der Waals surface area contributed by atoms with Gasteiger partial charge in [-0.25, -0.2) is 15.0 Å². The summed E-state index contributed by atoms with van der Waals surface area (Å²) in [7, 11) is 0. The summed E-state index contributed by atoms with van der Waals surface area (Å²) in [6.45, 7) is 4.72. The Morgan fingerprint density at radius 1 is 0.163 bits per heavy atom. The second kappa shape index (κ2) is 34.0. The highest BCUT2D eigenvalue weighted by Gasteiger charge is 2.39. The third-order valence-electron chi connectivity index (χ3n) is 30.7. The van der Waals surface area contributed by atoms with Gasteiger partial charge in [0.25, 0.3) is 0 Å². The van der Waals surface area contributed by atoms with Gasteiger partial charge in [0, 0.05) is 39.2 Å². The Morgan fingerprint density at radius 2 is 0.401 bits per heavy atom. The molecule has 1 aliphatic carbocycles. The fraction of sp³-hybridized carbons (Fsp3) is 0.0217. The van der Waals surface area contributed by atoms with Crippen molar-refractivity contribution in [2.75, 3.05) is 14.7 Å². The lowest BCUT2D eigenvalue weighted by molar-refractivity contribution is 0.660. The van der Waals surface area contributed by atoms with Crippen molar-refractivity contribution in [1.29, 1.82) is 0 Å². The second-order valence-corrected chi connectivity index (χ2v) is 39.1. The minimum absolute atomic E-state index is 0.0785. The quantitative estimate of drug-likeness (QED) is 0.120. The summed E-state index contributed by atoms with van der Waals surface area (Å²) < 4.78 is 7.19. The Labute approximate surface area is 850 Å². The van der Waals surface area contributed by atoms with Crippen LogP contribution in [0.25, 0.3) is 216 Å². The van der Waals surface area contributed by atoms with E-state index < -0.39 is 0 Å². The molecule has 0 unspecified atom stereocenters. The SMILES string of the molecule is CC1(C)c2ccccc2-c2ccc(-c3c4ccccc4c(-c4nc5cccc6c5n4-c4ccccc4N6c4ccccc4)c4ccccc34)cc21.c1ccc(-c2ccc(-c3c4ccccc4c(-c4nc5cccc6c5n4-c4ccccc4N6c4ccccc4)c4ccccc34)cc2)cc1.c1ccc(-c2cccc(-c3c4ccccc4c(-c4nc5cccc6c5n4-c4ccccc4N6c4ccccc4)c4ccccc34)c2)cc1. The van der Waals surface area contributed by atoms with Crippen LogP contribution in [0, 0.1) is 0 Å². The number of para-hydroxylation sites is 12. The van der Waals surface area contributed by atoms with E-state index in [1.54, 1.807) is 0 Å². The molecule has 4 aliphatic rings. The average Bonchev–Trinajstić information content (AvgIpc) is 1.55. The van der Waals surface area contributed by atoms with E-state index in [0.29, 0.717) is 0 Å². The highest BCUT2D eigenvalue weighted by Crippen LogP contribution is 2.59. The summed E-state index contributed by atoms with van der Waals surface area (Å²) >= 11 is 0. The molecule has 0 spiro atoms. The summed E-state index contributed by atoms with van der Waals surface area (Å²) in [4.78, 5) is 23.5. The first kappa shape index (κ1) is 84.5. The van der Waals surface area contributed by atoms with E-state index in [2.05, 4.69) is 558 Å². The number of rotatable bonds is 11. The van der Waals surface area contributed by atoms with Crippen LogP contribution in [0.3, 0.4) is 0 Å². The van der Waals surface area contributed by atoms with Crippen LogP contribution in [0.1, 0.15) is 25.0 Å². The fourth-order valence-corrected chi connectivity index (χ4v) is 24.4. The van der Waals surface area contributed by atoms with Gasteiger partial charge in [-0.2, -0.15) is 0 Å². The smallest absolute Gasteiger partial charge is 0.147 e. The molecule has 147 heavy (non-hydrogen) atoms. The van der Waals surface area contributed by atoms with Gasteiger partial charge in [0.05, 0.1) is 84.3 Å². The van der Waals surface area contributed by atoms with Crippen LogP contribution in [-0.4, -0.2) is 28.7 Å². The van der Waals surface area contributed by atoms with Crippen LogP contribution in [0.15, 0.2) is 516 Å². The van der Waals surface area contributed by atoms with Crippen molar-refractivity contribution in [2.45, 2.75) is 19.3 Å². The number of benzene rings is 24. The first-order valence-corrected chi connectivity index (χ1v) is 50.6. The van der Waals surface area contributed by atoms with Crippen LogP contribution >= 0.6 is 0 Å². The number of aromatic nitrogens is 6. The molecule has 27 aromatic rings. The fourth-order valence-electron chi connectivity index (χ4n) is 24.4. The zero-order valence-corrected chi connectivity index (χ0v) is 80.6. The molecule has 0 N–H and O–H groups in total. The van der Waals surface area contributed by atoms with Crippen molar-refractivity contribution < 1.29 is 0 Å². The zero-order chi connectivity index (χ0) is 97.1. The van der Waals surface area contributed by atoms with Crippen molar-refractivity contribution in [3.05, 3.63) is 527 Å². The van der Waals surface area contributed by atoms with Crippen molar-refractivity contribution >= 4 is 149 Å². The second-order valence-electron chi connectivity index (χ2n) is 39.1. The molecule has 688 valence electrons. The van der Waals surface area contributed by atoms with Gasteiger partial charge in [0.1, 0.15) is 17.5 Å². The highest BCUT2D eigenvalue weighted by atomic mass is 15.3. The van der Waals surface area contributed by atoms with Crippen molar-refractivity contribution in [3.8, 4) is 118 Å². The van der Waals surface area contributed by atoms with Gasteiger partial charge < -0.3 is 14.7 Å². The molecule has 24 aromatic carbocycles. The molecule has 0 fully saturated rings. The van der Waals surface area contributed by atoms with E-state index in [-0.39, 0.29) is 5.41 Å². The van der Waals surface area contributed by atoms with E-state index in [9.17, 15) is 0 Å². The van der Waals surface area contributed by atoms with E-state index in [4.69, 9.17) is 15.0 Å². The van der Waals surface area contributed by atoms with E-state index >= 15 is 0 Å². The number of anilines is 9. The Hall–Kier alpha value is -19.4. The maximum atomic E-state index is 5.51. The van der Waals surface area contributed by atoms with Gasteiger partial charge in [-0.05, 0) is 264 Å². The lowest BCUT2D eigenvalue weighted by Crippen LogP contribution is -2.18. The van der Waals surface area contributed by atoms with Crippen molar-refractivity contribution in [1.82, 2.24) is 28.7 Å². The average molecular weight is 1880 g/mol. The third-order valence-corrected chi connectivity index (χ3v) is 30.7. The predicted molar refractivity (Wildman–Crippen MR) is 614 cm³/mol. The lowest BCUT2D eigenvalue weighted by Gasteiger charge is -2.33. The highest BCUT2D eigenvalue weighted by molar-refractivity contribution is 6.26. The Balaban J connectivity index is 0.000000104. The number of hydrogen-bond donors (Lipinski definition) is 0. The summed E-state index contributed by atoms with van der Waals surface area (Å²) in [5, 5.41) is 14.5. The Kier molecular flexibility index (Phi) is 19.5. The molecule has 6 heterocycles. The van der Waals surface area contributed by atoms with Gasteiger partial charge in [-0.3, -0.25) is 13.7 Å². The molecule has 3 aliphatic heterocycles. The molecular weight excluding hydrogens is 1780 g/mol. The first-order chi connectivity index (χ1) is 72.8. The third kappa shape index (κ3) is 13.2. The number of imidazole rings is 3. The topological polar surface area (TPSA) is 63.2 Å². The van der Waals surface area contributed by atoms with Crippen LogP contribution in [0.4, 0.5) is 51.2 Å². The van der Waals surface area contributed by atoms with Gasteiger partial charge in [0.15, 0.2) is 0 Å². The molecule has 31 rings (SSSR count). The largest absolute Gasteiger partial charge is 0.306 e. The molecule has 0 radical (unpaired) electrons. The van der Waals surface area contributed by atoms with Crippen LogP contribution in [0.5, 0.6) is 0 Å². The van der Waals surface area contributed by atoms with E-state index in [0.717, 1.165) is 136 Å². The van der Waals surface area contributed by atoms with Crippen molar-refractivity contribution in [2.24, 2.45) is 0 Å². The normalized spacial score (nSPS) is 12.7. The maximum absolute atomic E-state index is 5.51. The van der Waals surface area contributed by atoms with Gasteiger partial charge in [-0.15, -0.1) is 0 Å². The number of fused-ring (bicyclic) bond motifs is 15. The van der Waals surface area contributed by atoms with E-state index in [1.165, 1.54) is 143 Å². The Morgan fingerprint density at radius 3 is 0.762 bits per heavy atom. The predicted octanol–water partition coefficient (Wildman–Crippen LogP) is 37.0. The zero-order valence-electron chi connectivity index (χ0n) is 80.6. The molecule has 0 amide bonds. The number of nitrogens with zero attached hydrogens (tertiary/aromatic N) is 9. The maximum Gasteiger partial charge on any atom is 0.147 e. The molecule has 0 saturated carbocycles. The first-order valence-electron chi connectivity index (χ1n) is 50.6. The summed E-state index contributed by atoms with van der Waals surface area (Å²) in [6.07, 6.45) is 0. The van der Waals surface area contributed by atoms with E-state index in [1.807, 2.05) is 0 Å². The summed E-state index contributed by atoms with van der Waals surface area (Å²) in [5.74, 6) is 2.87. The minimum atomic E-state index is -0.0785.